The van der Waals surface area contributed by atoms with Gasteiger partial charge in [0.05, 0.1) is 9.99 Å². The van der Waals surface area contributed by atoms with Crippen LogP contribution in [0.2, 0.25) is 0 Å². The van der Waals surface area contributed by atoms with Gasteiger partial charge in [0, 0.05) is 18.9 Å². The Labute approximate surface area is 160 Å². The molecule has 0 saturated heterocycles. The van der Waals surface area contributed by atoms with E-state index in [0.29, 0.717) is 21.4 Å². The zero-order valence-corrected chi connectivity index (χ0v) is 17.1. The highest BCUT2D eigenvalue weighted by atomic mass is 79.9. The summed E-state index contributed by atoms with van der Waals surface area (Å²) in [5.74, 6) is 0.786. The van der Waals surface area contributed by atoms with Crippen molar-refractivity contribution >= 4 is 27.0 Å². The number of hydrogen-bond acceptors (Lipinski definition) is 6. The highest BCUT2D eigenvalue weighted by Crippen LogP contribution is 2.37. The molecular formula is C18H22BrN5O2. The molecule has 0 spiro atoms. The molecule has 3 aromatic rings. The zero-order chi connectivity index (χ0) is 19.1. The Balaban J connectivity index is 2.00. The molecule has 1 N–H and O–H groups in total. The Morgan fingerprint density at radius 2 is 1.81 bits per heavy atom. The smallest absolute Gasteiger partial charge is 0.244 e. The highest BCUT2D eigenvalue weighted by Gasteiger charge is 2.25. The minimum absolute atomic E-state index is 0.0868. The number of benzene rings is 1. The van der Waals surface area contributed by atoms with E-state index in [2.05, 4.69) is 57.0 Å². The van der Waals surface area contributed by atoms with E-state index in [1.165, 1.54) is 12.4 Å². The topological polar surface area (TPSA) is 86.0 Å². The third-order valence-electron chi connectivity index (χ3n) is 3.67. The lowest BCUT2D eigenvalue weighted by Gasteiger charge is -2.19. The van der Waals surface area contributed by atoms with Crippen LogP contribution in [0.25, 0.3) is 11.0 Å². The third-order valence-corrected chi connectivity index (χ3v) is 4.43. The van der Waals surface area contributed by atoms with Crippen LogP contribution >= 0.6 is 15.9 Å². The van der Waals surface area contributed by atoms with Crippen LogP contribution in [0, 0.1) is 5.41 Å². The summed E-state index contributed by atoms with van der Waals surface area (Å²) in [6, 6.07) is 3.75. The molecule has 0 bridgehead atoms. The number of halogens is 1. The van der Waals surface area contributed by atoms with E-state index in [0.717, 1.165) is 12.1 Å². The van der Waals surface area contributed by atoms with E-state index in [1.54, 1.807) is 13.8 Å². The zero-order valence-electron chi connectivity index (χ0n) is 15.5. The molecule has 138 valence electrons. The number of aliphatic hydroxyl groups is 1. The summed E-state index contributed by atoms with van der Waals surface area (Å²) >= 11 is 3.56. The van der Waals surface area contributed by atoms with Gasteiger partial charge in [-0.3, -0.25) is 4.98 Å². The molecule has 0 saturated carbocycles. The van der Waals surface area contributed by atoms with Gasteiger partial charge < -0.3 is 9.84 Å². The Bertz CT molecular complexity index is 941. The van der Waals surface area contributed by atoms with Crippen LogP contribution in [0.3, 0.4) is 0 Å². The normalized spacial score (nSPS) is 12.6. The lowest BCUT2D eigenvalue weighted by atomic mass is 9.97. The van der Waals surface area contributed by atoms with Crippen molar-refractivity contribution in [2.45, 2.75) is 46.8 Å². The number of aromatic nitrogens is 5. The van der Waals surface area contributed by atoms with Gasteiger partial charge in [-0.25, -0.2) is 9.67 Å². The SMILES string of the molecule is CC(C)(C)Cn1nnc2c(Br)c(Oc3nccnc3C(C)(C)O)ccc21. The Kier molecular flexibility index (Phi) is 4.74. The lowest BCUT2D eigenvalue weighted by Crippen LogP contribution is -2.19. The van der Waals surface area contributed by atoms with Gasteiger partial charge in [-0.15, -0.1) is 5.10 Å². The van der Waals surface area contributed by atoms with Gasteiger partial charge in [0.15, 0.2) is 0 Å². The molecule has 26 heavy (non-hydrogen) atoms. The largest absolute Gasteiger partial charge is 0.436 e. The average molecular weight is 420 g/mol. The predicted octanol–water partition coefficient (Wildman–Crippen LogP) is 4.05. The summed E-state index contributed by atoms with van der Waals surface area (Å²) in [4.78, 5) is 8.41. The molecule has 0 radical (unpaired) electrons. The summed E-state index contributed by atoms with van der Waals surface area (Å²) in [6.45, 7) is 10.5. The van der Waals surface area contributed by atoms with Gasteiger partial charge in [-0.05, 0) is 47.3 Å². The molecule has 0 aliphatic rings. The maximum atomic E-state index is 10.3. The number of hydrogen-bond donors (Lipinski definition) is 1. The first-order valence-electron chi connectivity index (χ1n) is 8.30. The lowest BCUT2D eigenvalue weighted by molar-refractivity contribution is 0.0705. The van der Waals surface area contributed by atoms with Crippen LogP contribution in [-0.4, -0.2) is 30.1 Å². The monoisotopic (exact) mass is 419 g/mol. The van der Waals surface area contributed by atoms with Crippen LogP contribution < -0.4 is 4.74 Å². The van der Waals surface area contributed by atoms with E-state index in [1.807, 2.05) is 16.8 Å². The van der Waals surface area contributed by atoms with Crippen LogP contribution in [-0.2, 0) is 12.1 Å². The highest BCUT2D eigenvalue weighted by molar-refractivity contribution is 9.10. The van der Waals surface area contributed by atoms with E-state index in [4.69, 9.17) is 4.74 Å². The molecule has 0 aliphatic heterocycles. The second-order valence-electron chi connectivity index (χ2n) is 7.92. The molecule has 7 nitrogen and oxygen atoms in total. The quantitative estimate of drug-likeness (QED) is 0.686. The van der Waals surface area contributed by atoms with Gasteiger partial charge in [0.25, 0.3) is 0 Å². The molecule has 3 rings (SSSR count). The molecule has 2 aromatic heterocycles. The van der Waals surface area contributed by atoms with Gasteiger partial charge in [0.2, 0.25) is 5.88 Å². The van der Waals surface area contributed by atoms with Crippen molar-refractivity contribution in [3.63, 3.8) is 0 Å². The van der Waals surface area contributed by atoms with Crippen LogP contribution in [0.4, 0.5) is 0 Å². The van der Waals surface area contributed by atoms with Crippen LogP contribution in [0.5, 0.6) is 11.6 Å². The number of nitrogens with zero attached hydrogens (tertiary/aromatic N) is 5. The molecule has 0 fully saturated rings. The fraction of sp³-hybridized carbons (Fsp3) is 0.444. The fourth-order valence-electron chi connectivity index (χ4n) is 2.55. The van der Waals surface area contributed by atoms with Crippen molar-refractivity contribution in [3.05, 3.63) is 34.7 Å². The standard InChI is InChI=1S/C18H22BrN5O2/c1-17(2,3)10-24-11-6-7-12(13(19)14(11)22-23-24)26-16-15(18(4,5)25)20-8-9-21-16/h6-9,25H,10H2,1-5H3. The summed E-state index contributed by atoms with van der Waals surface area (Å²) in [5.41, 5.74) is 0.907. The fourth-order valence-corrected chi connectivity index (χ4v) is 3.05. The van der Waals surface area contributed by atoms with Crippen molar-refractivity contribution < 1.29 is 9.84 Å². The van der Waals surface area contributed by atoms with Crippen molar-refractivity contribution in [1.29, 1.82) is 0 Å². The number of ether oxygens (including phenoxy) is 1. The second kappa shape index (κ2) is 6.59. The van der Waals surface area contributed by atoms with Gasteiger partial charge in [-0.1, -0.05) is 26.0 Å². The summed E-state index contributed by atoms with van der Waals surface area (Å²) in [6.07, 6.45) is 3.05. The maximum absolute atomic E-state index is 10.3. The van der Waals surface area contributed by atoms with Gasteiger partial charge in [0.1, 0.15) is 22.6 Å². The van der Waals surface area contributed by atoms with Crippen molar-refractivity contribution in [2.24, 2.45) is 5.41 Å². The van der Waals surface area contributed by atoms with E-state index >= 15 is 0 Å². The predicted molar refractivity (Wildman–Crippen MR) is 102 cm³/mol. The van der Waals surface area contributed by atoms with Crippen LogP contribution in [0.15, 0.2) is 29.0 Å². The summed E-state index contributed by atoms with van der Waals surface area (Å²) in [7, 11) is 0. The molecule has 0 unspecified atom stereocenters. The summed E-state index contributed by atoms with van der Waals surface area (Å²) < 4.78 is 8.49. The second-order valence-corrected chi connectivity index (χ2v) is 8.72. The molecule has 0 aliphatic carbocycles. The van der Waals surface area contributed by atoms with Crippen molar-refractivity contribution in [2.75, 3.05) is 0 Å². The molecule has 0 atom stereocenters. The average Bonchev–Trinajstić information content (AvgIpc) is 2.91. The third kappa shape index (κ3) is 3.86. The number of rotatable bonds is 4. The first-order valence-corrected chi connectivity index (χ1v) is 9.09. The maximum Gasteiger partial charge on any atom is 0.244 e. The molecule has 0 amide bonds. The first kappa shape index (κ1) is 18.7. The molecule has 2 heterocycles. The Morgan fingerprint density at radius 1 is 1.12 bits per heavy atom. The summed E-state index contributed by atoms with van der Waals surface area (Å²) in [5, 5.41) is 18.8. The minimum atomic E-state index is -1.17. The van der Waals surface area contributed by atoms with E-state index in [9.17, 15) is 5.11 Å². The Hall–Kier alpha value is -2.06. The molecule has 1 aromatic carbocycles. The molecule has 8 heteroatoms. The first-order chi connectivity index (χ1) is 12.1. The van der Waals surface area contributed by atoms with Crippen molar-refractivity contribution in [3.8, 4) is 11.6 Å². The van der Waals surface area contributed by atoms with Crippen molar-refractivity contribution in [1.82, 2.24) is 25.0 Å². The van der Waals surface area contributed by atoms with Gasteiger partial charge >= 0.3 is 0 Å². The van der Waals surface area contributed by atoms with E-state index in [-0.39, 0.29) is 11.3 Å². The Morgan fingerprint density at radius 3 is 2.46 bits per heavy atom. The van der Waals surface area contributed by atoms with Gasteiger partial charge in [-0.2, -0.15) is 0 Å². The van der Waals surface area contributed by atoms with Crippen LogP contribution in [0.1, 0.15) is 40.3 Å². The number of fused-ring (bicyclic) bond motifs is 1. The van der Waals surface area contributed by atoms with E-state index < -0.39 is 5.60 Å². The molecular weight excluding hydrogens is 398 g/mol. The minimum Gasteiger partial charge on any atom is -0.436 e.